The van der Waals surface area contributed by atoms with Gasteiger partial charge in [-0.3, -0.25) is 0 Å². The molecule has 1 N–H and O–H groups in total. The molecule has 14 heavy (non-hydrogen) atoms. The fourth-order valence-corrected chi connectivity index (χ4v) is 1.85. The molecule has 1 aromatic rings. The van der Waals surface area contributed by atoms with Gasteiger partial charge in [-0.1, -0.05) is 47.0 Å². The van der Waals surface area contributed by atoms with Gasteiger partial charge in [-0.15, -0.1) is 6.42 Å². The lowest BCUT2D eigenvalue weighted by Gasteiger charge is -2.14. The minimum Gasteiger partial charge on any atom is -0.300 e. The minimum absolute atomic E-state index is 0.00530. The zero-order valence-electron chi connectivity index (χ0n) is 8.47. The molecule has 0 saturated heterocycles. The van der Waals surface area contributed by atoms with Crippen LogP contribution in [0.25, 0.3) is 0 Å². The first-order chi connectivity index (χ1) is 6.70. The Morgan fingerprint density at radius 1 is 1.57 bits per heavy atom. The van der Waals surface area contributed by atoms with E-state index in [-0.39, 0.29) is 6.04 Å². The van der Waals surface area contributed by atoms with E-state index in [1.807, 2.05) is 19.1 Å². The molecule has 0 bridgehead atoms. The second-order valence-corrected chi connectivity index (χ2v) is 3.93. The quantitative estimate of drug-likeness (QED) is 0.815. The van der Waals surface area contributed by atoms with Crippen molar-refractivity contribution in [2.24, 2.45) is 0 Å². The fourth-order valence-electron chi connectivity index (χ4n) is 1.36. The van der Waals surface area contributed by atoms with Crippen molar-refractivity contribution in [1.29, 1.82) is 0 Å². The van der Waals surface area contributed by atoms with Crippen molar-refractivity contribution in [3.8, 4) is 12.3 Å². The maximum atomic E-state index is 5.48. The van der Waals surface area contributed by atoms with Gasteiger partial charge in [-0.25, -0.2) is 0 Å². The first kappa shape index (κ1) is 11.3. The van der Waals surface area contributed by atoms with E-state index < -0.39 is 0 Å². The Morgan fingerprint density at radius 3 is 2.86 bits per heavy atom. The molecule has 2 heteroatoms. The predicted molar refractivity (Wildman–Crippen MR) is 64.1 cm³/mol. The molecule has 0 aliphatic heterocycles. The Labute approximate surface area is 94.0 Å². The Morgan fingerprint density at radius 2 is 2.29 bits per heavy atom. The molecule has 0 aliphatic carbocycles. The van der Waals surface area contributed by atoms with Gasteiger partial charge in [0.15, 0.2) is 0 Å². The van der Waals surface area contributed by atoms with Crippen LogP contribution in [-0.4, -0.2) is 6.54 Å². The van der Waals surface area contributed by atoms with E-state index in [9.17, 15) is 0 Å². The molecule has 1 atom stereocenters. The lowest BCUT2D eigenvalue weighted by Crippen LogP contribution is -2.19. The lowest BCUT2D eigenvalue weighted by atomic mass is 10.1. The Hall–Kier alpha value is -0.780. The van der Waals surface area contributed by atoms with Crippen LogP contribution in [0.3, 0.4) is 0 Å². The van der Waals surface area contributed by atoms with Gasteiger partial charge in [-0.2, -0.15) is 0 Å². The van der Waals surface area contributed by atoms with Crippen LogP contribution in [0.15, 0.2) is 22.7 Å². The van der Waals surface area contributed by atoms with Crippen LogP contribution < -0.4 is 5.32 Å². The smallest absolute Gasteiger partial charge is 0.0954 e. The monoisotopic (exact) mass is 251 g/mol. The summed E-state index contributed by atoms with van der Waals surface area (Å²) in [5.41, 5.74) is 2.34. The minimum atomic E-state index is -0.00530. The summed E-state index contributed by atoms with van der Waals surface area (Å²) >= 11 is 3.56. The lowest BCUT2D eigenvalue weighted by molar-refractivity contribution is 0.662. The van der Waals surface area contributed by atoms with Crippen LogP contribution in [-0.2, 0) is 0 Å². The van der Waals surface area contributed by atoms with Crippen LogP contribution in [0.4, 0.5) is 0 Å². The van der Waals surface area contributed by atoms with Gasteiger partial charge in [0.1, 0.15) is 0 Å². The van der Waals surface area contributed by atoms with E-state index >= 15 is 0 Å². The van der Waals surface area contributed by atoms with E-state index in [0.717, 1.165) is 16.6 Å². The SMILES string of the molecule is C#CC(NCC)c1cccc(C)c1Br. The summed E-state index contributed by atoms with van der Waals surface area (Å²) in [7, 11) is 0. The van der Waals surface area contributed by atoms with Crippen molar-refractivity contribution in [2.45, 2.75) is 19.9 Å². The molecule has 0 fully saturated rings. The van der Waals surface area contributed by atoms with Gasteiger partial charge >= 0.3 is 0 Å². The highest BCUT2D eigenvalue weighted by Crippen LogP contribution is 2.26. The highest BCUT2D eigenvalue weighted by atomic mass is 79.9. The van der Waals surface area contributed by atoms with Gasteiger partial charge in [0.05, 0.1) is 6.04 Å². The van der Waals surface area contributed by atoms with Crippen LogP contribution in [0, 0.1) is 19.3 Å². The van der Waals surface area contributed by atoms with Crippen molar-refractivity contribution in [3.63, 3.8) is 0 Å². The van der Waals surface area contributed by atoms with Crippen molar-refractivity contribution in [2.75, 3.05) is 6.54 Å². The van der Waals surface area contributed by atoms with Crippen molar-refractivity contribution in [3.05, 3.63) is 33.8 Å². The number of benzene rings is 1. The second-order valence-electron chi connectivity index (χ2n) is 3.14. The van der Waals surface area contributed by atoms with Gasteiger partial charge in [0.25, 0.3) is 0 Å². The highest BCUT2D eigenvalue weighted by Gasteiger charge is 2.10. The summed E-state index contributed by atoms with van der Waals surface area (Å²) in [6.45, 7) is 4.98. The van der Waals surface area contributed by atoms with Gasteiger partial charge in [-0.05, 0) is 24.6 Å². The van der Waals surface area contributed by atoms with E-state index in [4.69, 9.17) is 6.42 Å². The molecule has 1 aromatic carbocycles. The standard InChI is InChI=1S/C12H14BrN/c1-4-11(14-5-2)10-8-6-7-9(3)12(10)13/h1,6-8,11,14H,5H2,2-3H3. The molecule has 0 saturated carbocycles. The third kappa shape index (κ3) is 2.37. The normalized spacial score (nSPS) is 12.1. The number of rotatable bonds is 3. The third-order valence-electron chi connectivity index (χ3n) is 2.11. The van der Waals surface area contributed by atoms with E-state index in [1.54, 1.807) is 0 Å². The number of halogens is 1. The molecule has 74 valence electrons. The fraction of sp³-hybridized carbons (Fsp3) is 0.333. The van der Waals surface area contributed by atoms with Crippen molar-refractivity contribution in [1.82, 2.24) is 5.32 Å². The molecule has 0 aliphatic rings. The van der Waals surface area contributed by atoms with Crippen LogP contribution in [0.1, 0.15) is 24.1 Å². The summed E-state index contributed by atoms with van der Waals surface area (Å²) < 4.78 is 1.10. The second kappa shape index (κ2) is 5.19. The Balaban J connectivity index is 3.05. The Bertz CT molecular complexity index is 352. The van der Waals surface area contributed by atoms with Crippen LogP contribution >= 0.6 is 15.9 Å². The summed E-state index contributed by atoms with van der Waals surface area (Å²) in [5, 5.41) is 3.25. The number of hydrogen-bond acceptors (Lipinski definition) is 1. The van der Waals surface area contributed by atoms with E-state index in [0.29, 0.717) is 0 Å². The van der Waals surface area contributed by atoms with Gasteiger partial charge < -0.3 is 5.32 Å². The van der Waals surface area contributed by atoms with Crippen LogP contribution in [0.5, 0.6) is 0 Å². The Kier molecular flexibility index (Phi) is 4.19. The molecular formula is C12H14BrN. The van der Waals surface area contributed by atoms with Crippen molar-refractivity contribution < 1.29 is 0 Å². The molecule has 0 spiro atoms. The molecule has 0 heterocycles. The molecule has 0 aromatic heterocycles. The molecule has 0 amide bonds. The zero-order chi connectivity index (χ0) is 10.6. The molecular weight excluding hydrogens is 238 g/mol. The molecule has 1 nitrogen and oxygen atoms in total. The molecule has 0 radical (unpaired) electrons. The van der Waals surface area contributed by atoms with Crippen molar-refractivity contribution >= 4 is 15.9 Å². The largest absolute Gasteiger partial charge is 0.300 e. The van der Waals surface area contributed by atoms with Gasteiger partial charge in [0.2, 0.25) is 0 Å². The average molecular weight is 252 g/mol. The highest BCUT2D eigenvalue weighted by molar-refractivity contribution is 9.10. The summed E-state index contributed by atoms with van der Waals surface area (Å²) in [6.07, 6.45) is 5.48. The maximum absolute atomic E-state index is 5.48. The topological polar surface area (TPSA) is 12.0 Å². The third-order valence-corrected chi connectivity index (χ3v) is 3.19. The first-order valence-corrected chi connectivity index (χ1v) is 5.44. The molecule has 1 unspecified atom stereocenters. The molecule has 1 rings (SSSR count). The van der Waals surface area contributed by atoms with E-state index in [2.05, 4.69) is 40.2 Å². The number of hydrogen-bond donors (Lipinski definition) is 1. The maximum Gasteiger partial charge on any atom is 0.0954 e. The van der Waals surface area contributed by atoms with E-state index in [1.165, 1.54) is 5.56 Å². The zero-order valence-corrected chi connectivity index (χ0v) is 10.1. The number of terminal acetylenes is 1. The van der Waals surface area contributed by atoms with Gasteiger partial charge in [0, 0.05) is 4.47 Å². The van der Waals surface area contributed by atoms with Crippen LogP contribution in [0.2, 0.25) is 0 Å². The number of nitrogens with one attached hydrogen (secondary N) is 1. The predicted octanol–water partition coefficient (Wildman–Crippen LogP) is 3.04. The number of aryl methyl sites for hydroxylation is 1. The summed E-state index contributed by atoms with van der Waals surface area (Å²) in [6, 6.07) is 6.13. The summed E-state index contributed by atoms with van der Waals surface area (Å²) in [5.74, 6) is 2.75. The average Bonchev–Trinajstić information content (AvgIpc) is 2.19. The summed E-state index contributed by atoms with van der Waals surface area (Å²) in [4.78, 5) is 0. The first-order valence-electron chi connectivity index (χ1n) is 4.65.